The van der Waals surface area contributed by atoms with E-state index >= 15 is 0 Å². The second-order valence-electron chi connectivity index (χ2n) is 6.83. The third kappa shape index (κ3) is 4.42. The van der Waals surface area contributed by atoms with Gasteiger partial charge in [-0.05, 0) is 25.3 Å². The Labute approximate surface area is 149 Å². The van der Waals surface area contributed by atoms with Crippen molar-refractivity contribution in [2.75, 3.05) is 6.54 Å². The maximum atomic E-state index is 12.6. The Balaban J connectivity index is 2.17. The number of rotatable bonds is 6. The lowest BCUT2D eigenvalue weighted by molar-refractivity contribution is -0.125. The molecule has 2 aromatic rings. The lowest BCUT2D eigenvalue weighted by Gasteiger charge is -2.25. The molecule has 0 saturated heterocycles. The van der Waals surface area contributed by atoms with Crippen LogP contribution in [0.5, 0.6) is 0 Å². The fourth-order valence-corrected chi connectivity index (χ4v) is 2.38. The Morgan fingerprint density at radius 3 is 2.56 bits per heavy atom. The van der Waals surface area contributed by atoms with E-state index in [2.05, 4.69) is 29.1 Å². The molecule has 5 nitrogen and oxygen atoms in total. The molecule has 0 fully saturated rings. The first kappa shape index (κ1) is 18.6. The fraction of sp³-hybridized carbons (Fsp3) is 0.400. The zero-order valence-electron chi connectivity index (χ0n) is 15.2. The molecule has 0 aliphatic rings. The van der Waals surface area contributed by atoms with Crippen LogP contribution < -0.4 is 5.32 Å². The highest BCUT2D eigenvalue weighted by Crippen LogP contribution is 2.26. The van der Waals surface area contributed by atoms with E-state index in [0.29, 0.717) is 18.2 Å². The number of amides is 1. The summed E-state index contributed by atoms with van der Waals surface area (Å²) < 4.78 is 0. The SMILES string of the molecule is CCC(C)CNC(=O)C(C)(C)c1ccc(-c2cncc(C#N)n2)cc1. The van der Waals surface area contributed by atoms with Gasteiger partial charge in [0.05, 0.1) is 23.5 Å². The number of hydrogen-bond acceptors (Lipinski definition) is 4. The zero-order valence-corrected chi connectivity index (χ0v) is 15.2. The molecule has 1 atom stereocenters. The van der Waals surface area contributed by atoms with E-state index in [4.69, 9.17) is 5.26 Å². The number of aromatic nitrogens is 2. The summed E-state index contributed by atoms with van der Waals surface area (Å²) in [5, 5.41) is 12.0. The summed E-state index contributed by atoms with van der Waals surface area (Å²) in [5.41, 5.74) is 2.11. The van der Waals surface area contributed by atoms with Crippen LogP contribution in [0.2, 0.25) is 0 Å². The van der Waals surface area contributed by atoms with Crippen LogP contribution in [0.4, 0.5) is 0 Å². The molecule has 0 saturated carbocycles. The van der Waals surface area contributed by atoms with E-state index in [-0.39, 0.29) is 11.6 Å². The van der Waals surface area contributed by atoms with Crippen LogP contribution in [0.15, 0.2) is 36.7 Å². The summed E-state index contributed by atoms with van der Waals surface area (Å²) in [6.45, 7) is 8.77. The van der Waals surface area contributed by atoms with Crippen LogP contribution in [0.3, 0.4) is 0 Å². The average molecular weight is 336 g/mol. The molecule has 1 unspecified atom stereocenters. The Morgan fingerprint density at radius 1 is 1.28 bits per heavy atom. The van der Waals surface area contributed by atoms with E-state index in [1.807, 2.05) is 44.2 Å². The van der Waals surface area contributed by atoms with Crippen LogP contribution in [0.1, 0.15) is 45.4 Å². The minimum absolute atomic E-state index is 0.0202. The predicted molar refractivity (Wildman–Crippen MR) is 97.7 cm³/mol. The number of hydrogen-bond donors (Lipinski definition) is 1. The first-order valence-electron chi connectivity index (χ1n) is 8.49. The van der Waals surface area contributed by atoms with Gasteiger partial charge >= 0.3 is 0 Å². The summed E-state index contributed by atoms with van der Waals surface area (Å²) in [4.78, 5) is 20.8. The van der Waals surface area contributed by atoms with Gasteiger partial charge in [0.1, 0.15) is 6.07 Å². The minimum Gasteiger partial charge on any atom is -0.355 e. The van der Waals surface area contributed by atoms with Gasteiger partial charge in [-0.3, -0.25) is 9.78 Å². The molecular weight excluding hydrogens is 312 g/mol. The quantitative estimate of drug-likeness (QED) is 0.876. The Kier molecular flexibility index (Phi) is 5.87. The molecule has 1 N–H and O–H groups in total. The molecule has 0 aliphatic heterocycles. The Morgan fingerprint density at radius 2 is 1.96 bits per heavy atom. The van der Waals surface area contributed by atoms with Gasteiger partial charge in [-0.2, -0.15) is 5.26 Å². The summed E-state index contributed by atoms with van der Waals surface area (Å²) in [6, 6.07) is 9.66. The number of nitrogens with one attached hydrogen (secondary N) is 1. The van der Waals surface area contributed by atoms with Crippen LogP contribution in [-0.4, -0.2) is 22.4 Å². The van der Waals surface area contributed by atoms with E-state index in [9.17, 15) is 4.79 Å². The van der Waals surface area contributed by atoms with Crippen molar-refractivity contribution < 1.29 is 4.79 Å². The van der Waals surface area contributed by atoms with E-state index < -0.39 is 5.41 Å². The third-order valence-electron chi connectivity index (χ3n) is 4.53. The molecule has 1 heterocycles. The smallest absolute Gasteiger partial charge is 0.230 e. The summed E-state index contributed by atoms with van der Waals surface area (Å²) in [5.74, 6) is 0.486. The molecule has 2 rings (SSSR count). The van der Waals surface area contributed by atoms with E-state index in [1.165, 1.54) is 6.20 Å². The maximum Gasteiger partial charge on any atom is 0.230 e. The minimum atomic E-state index is -0.619. The molecule has 25 heavy (non-hydrogen) atoms. The molecule has 1 aromatic heterocycles. The molecule has 0 bridgehead atoms. The number of carbonyl (C=O) groups is 1. The lowest BCUT2D eigenvalue weighted by Crippen LogP contribution is -2.41. The van der Waals surface area contributed by atoms with Gasteiger partial charge in [-0.25, -0.2) is 4.98 Å². The number of benzene rings is 1. The molecule has 0 aliphatic carbocycles. The molecule has 5 heteroatoms. The van der Waals surface area contributed by atoms with Gasteiger partial charge in [-0.1, -0.05) is 44.5 Å². The monoisotopic (exact) mass is 336 g/mol. The highest BCUT2D eigenvalue weighted by molar-refractivity contribution is 5.87. The van der Waals surface area contributed by atoms with E-state index in [0.717, 1.165) is 17.5 Å². The Hall–Kier alpha value is -2.74. The van der Waals surface area contributed by atoms with Crippen molar-refractivity contribution in [3.8, 4) is 17.3 Å². The number of nitriles is 1. The predicted octanol–water partition coefficient (Wildman–Crippen LogP) is 3.46. The van der Waals surface area contributed by atoms with Gasteiger partial charge < -0.3 is 5.32 Å². The lowest BCUT2D eigenvalue weighted by atomic mass is 9.83. The van der Waals surface area contributed by atoms with Crippen molar-refractivity contribution in [1.29, 1.82) is 5.26 Å². The topological polar surface area (TPSA) is 78.7 Å². The molecule has 130 valence electrons. The van der Waals surface area contributed by atoms with Crippen molar-refractivity contribution >= 4 is 5.91 Å². The highest BCUT2D eigenvalue weighted by Gasteiger charge is 2.29. The third-order valence-corrected chi connectivity index (χ3v) is 4.53. The van der Waals surface area contributed by atoms with Crippen LogP contribution in [0.25, 0.3) is 11.3 Å². The summed E-state index contributed by atoms with van der Waals surface area (Å²) in [7, 11) is 0. The van der Waals surface area contributed by atoms with Gasteiger partial charge in [0, 0.05) is 12.1 Å². The van der Waals surface area contributed by atoms with E-state index in [1.54, 1.807) is 6.20 Å². The number of carbonyl (C=O) groups excluding carboxylic acids is 1. The molecule has 0 spiro atoms. The standard InChI is InChI=1S/C20H24N4O/c1-5-14(2)11-23-19(25)20(3,4)16-8-6-15(7-9-16)18-13-22-12-17(10-21)24-18/h6-9,12-14H,5,11H2,1-4H3,(H,23,25). The zero-order chi connectivity index (χ0) is 18.4. The first-order valence-corrected chi connectivity index (χ1v) is 8.49. The van der Waals surface area contributed by atoms with Crippen molar-refractivity contribution in [3.05, 3.63) is 47.9 Å². The first-order chi connectivity index (χ1) is 11.9. The Bertz CT molecular complexity index is 775. The van der Waals surface area contributed by atoms with Crippen molar-refractivity contribution in [3.63, 3.8) is 0 Å². The molecule has 1 aromatic carbocycles. The van der Waals surface area contributed by atoms with Crippen LogP contribution >= 0.6 is 0 Å². The van der Waals surface area contributed by atoms with Crippen LogP contribution in [0, 0.1) is 17.2 Å². The molecule has 0 radical (unpaired) electrons. The molecular formula is C20H24N4O. The van der Waals surface area contributed by atoms with Gasteiger partial charge in [-0.15, -0.1) is 0 Å². The van der Waals surface area contributed by atoms with Gasteiger partial charge in [0.15, 0.2) is 5.69 Å². The fourth-order valence-electron chi connectivity index (χ4n) is 2.38. The molecule has 1 amide bonds. The van der Waals surface area contributed by atoms with Crippen LogP contribution in [-0.2, 0) is 10.2 Å². The number of nitrogens with zero attached hydrogens (tertiary/aromatic N) is 3. The highest BCUT2D eigenvalue weighted by atomic mass is 16.2. The van der Waals surface area contributed by atoms with Crippen molar-refractivity contribution in [2.45, 2.75) is 39.5 Å². The van der Waals surface area contributed by atoms with Crippen molar-refractivity contribution in [2.24, 2.45) is 5.92 Å². The largest absolute Gasteiger partial charge is 0.355 e. The maximum absolute atomic E-state index is 12.6. The van der Waals surface area contributed by atoms with Crippen molar-refractivity contribution in [1.82, 2.24) is 15.3 Å². The second-order valence-corrected chi connectivity index (χ2v) is 6.83. The summed E-state index contributed by atoms with van der Waals surface area (Å²) >= 11 is 0. The van der Waals surface area contributed by atoms with Gasteiger partial charge in [0.25, 0.3) is 0 Å². The second kappa shape index (κ2) is 7.89. The normalized spacial score (nSPS) is 12.3. The van der Waals surface area contributed by atoms with Gasteiger partial charge in [0.2, 0.25) is 5.91 Å². The average Bonchev–Trinajstić information content (AvgIpc) is 2.65. The summed E-state index contributed by atoms with van der Waals surface area (Å²) in [6.07, 6.45) is 4.10.